The number of likely N-dealkylation sites (tertiary alicyclic amines) is 1. The predicted octanol–water partition coefficient (Wildman–Crippen LogP) is 2.14. The van der Waals surface area contributed by atoms with Crippen molar-refractivity contribution in [1.82, 2.24) is 10.4 Å². The highest BCUT2D eigenvalue weighted by molar-refractivity contribution is 5.91. The Bertz CT molecular complexity index is 954. The van der Waals surface area contributed by atoms with Crippen molar-refractivity contribution in [3.8, 4) is 11.5 Å². The van der Waals surface area contributed by atoms with Gasteiger partial charge in [-0.3, -0.25) is 14.5 Å². The monoisotopic (exact) mass is 534 g/mol. The molecule has 0 radical (unpaired) electrons. The normalized spacial score (nSPS) is 21.4. The molecule has 0 bridgehead atoms. The summed E-state index contributed by atoms with van der Waals surface area (Å²) in [7, 11) is 3.24. The van der Waals surface area contributed by atoms with E-state index >= 15 is 0 Å². The molecular weight excluding hydrogens is 496 g/mol. The number of hydrogen-bond donors (Lipinski definition) is 1. The molecule has 38 heavy (non-hydrogen) atoms. The molecule has 1 aromatic carbocycles. The molecule has 2 aliphatic rings. The molecule has 11 nitrogen and oxygen atoms in total. The summed E-state index contributed by atoms with van der Waals surface area (Å²) in [6.45, 7) is 1.97. The smallest absolute Gasteiger partial charge is 0.343 e. The van der Waals surface area contributed by atoms with Gasteiger partial charge in [-0.25, -0.2) is 4.79 Å². The maximum atomic E-state index is 12.2. The van der Waals surface area contributed by atoms with E-state index in [2.05, 4.69) is 9.74 Å². The second-order valence-corrected chi connectivity index (χ2v) is 9.48. The fourth-order valence-corrected chi connectivity index (χ4v) is 4.94. The van der Waals surface area contributed by atoms with Crippen LogP contribution in [-0.4, -0.2) is 81.2 Å². The molecule has 1 amide bonds. The minimum absolute atomic E-state index is 0.0222. The molecule has 0 spiro atoms. The number of nitrogens with zero attached hydrogens (tertiary/aromatic N) is 1. The highest BCUT2D eigenvalue weighted by atomic mass is 16.7. The lowest BCUT2D eigenvalue weighted by Crippen LogP contribution is -2.46. The van der Waals surface area contributed by atoms with Gasteiger partial charge < -0.3 is 28.6 Å². The SMILES string of the molecule is COc1ccc(CCO[C@@H]2CCCC[C@H]2N2CC[C@@H](OC(=O)CC(=O)ONC(=O)CCC=O)C2)cc1OC. The Balaban J connectivity index is 1.41. The number of aldehydes is 1. The van der Waals surface area contributed by atoms with E-state index < -0.39 is 24.3 Å². The topological polar surface area (TPSA) is 130 Å². The highest BCUT2D eigenvalue weighted by Gasteiger charge is 2.36. The third-order valence-electron chi connectivity index (χ3n) is 6.84. The predicted molar refractivity (Wildman–Crippen MR) is 135 cm³/mol. The van der Waals surface area contributed by atoms with Crippen molar-refractivity contribution >= 4 is 24.1 Å². The Morgan fingerprint density at radius 2 is 1.84 bits per heavy atom. The van der Waals surface area contributed by atoms with Gasteiger partial charge in [0.05, 0.1) is 26.9 Å². The van der Waals surface area contributed by atoms with Crippen molar-refractivity contribution in [2.75, 3.05) is 33.9 Å². The van der Waals surface area contributed by atoms with E-state index in [4.69, 9.17) is 18.9 Å². The average Bonchev–Trinajstić information content (AvgIpc) is 3.38. The molecule has 1 N–H and O–H groups in total. The molecule has 3 atom stereocenters. The Morgan fingerprint density at radius 3 is 2.61 bits per heavy atom. The van der Waals surface area contributed by atoms with Gasteiger partial charge in [-0.15, -0.1) is 0 Å². The molecule has 1 aliphatic heterocycles. The molecule has 0 unspecified atom stereocenters. The van der Waals surface area contributed by atoms with Crippen molar-refractivity contribution in [2.45, 2.75) is 76.0 Å². The molecule has 210 valence electrons. The van der Waals surface area contributed by atoms with Crippen molar-refractivity contribution in [3.63, 3.8) is 0 Å². The largest absolute Gasteiger partial charge is 0.493 e. The number of hydroxylamine groups is 1. The van der Waals surface area contributed by atoms with E-state index in [-0.39, 0.29) is 31.1 Å². The van der Waals surface area contributed by atoms with Crippen LogP contribution in [0.4, 0.5) is 0 Å². The van der Waals surface area contributed by atoms with Crippen LogP contribution in [0.1, 0.15) is 56.9 Å². The molecule has 1 heterocycles. The first kappa shape index (κ1) is 29.4. The first-order chi connectivity index (χ1) is 18.4. The fraction of sp³-hybridized carbons (Fsp3) is 0.630. The van der Waals surface area contributed by atoms with Gasteiger partial charge in [-0.1, -0.05) is 18.9 Å². The summed E-state index contributed by atoms with van der Waals surface area (Å²) < 4.78 is 22.5. The van der Waals surface area contributed by atoms with Gasteiger partial charge in [0.15, 0.2) is 11.5 Å². The minimum Gasteiger partial charge on any atom is -0.493 e. The maximum Gasteiger partial charge on any atom is 0.343 e. The summed E-state index contributed by atoms with van der Waals surface area (Å²) in [5.41, 5.74) is 3.03. The van der Waals surface area contributed by atoms with Crippen LogP contribution in [0.15, 0.2) is 18.2 Å². The van der Waals surface area contributed by atoms with Crippen LogP contribution in [0, 0.1) is 0 Å². The van der Waals surface area contributed by atoms with Gasteiger partial charge in [0.25, 0.3) is 5.91 Å². The summed E-state index contributed by atoms with van der Waals surface area (Å²) in [5.74, 6) is -0.831. The number of rotatable bonds is 13. The van der Waals surface area contributed by atoms with Gasteiger partial charge in [0.1, 0.15) is 18.8 Å². The van der Waals surface area contributed by atoms with Crippen LogP contribution in [0.3, 0.4) is 0 Å². The van der Waals surface area contributed by atoms with Crippen LogP contribution in [0.25, 0.3) is 0 Å². The zero-order valence-corrected chi connectivity index (χ0v) is 22.1. The second kappa shape index (κ2) is 15.3. The first-order valence-electron chi connectivity index (χ1n) is 13.1. The number of methoxy groups -OCH3 is 2. The van der Waals surface area contributed by atoms with Crippen LogP contribution in [0.5, 0.6) is 11.5 Å². The third kappa shape index (κ3) is 8.98. The quantitative estimate of drug-likeness (QED) is 0.174. The molecule has 0 aromatic heterocycles. The Labute approximate surface area is 223 Å². The van der Waals surface area contributed by atoms with Gasteiger partial charge in [-0.05, 0) is 43.4 Å². The van der Waals surface area contributed by atoms with Gasteiger partial charge in [0.2, 0.25) is 0 Å². The number of nitrogens with one attached hydrogen (secondary N) is 1. The van der Waals surface area contributed by atoms with Crippen molar-refractivity contribution < 1.29 is 43.0 Å². The Kier molecular flexibility index (Phi) is 11.8. The molecule has 2 fully saturated rings. The van der Waals surface area contributed by atoms with Gasteiger partial charge in [-0.2, -0.15) is 5.48 Å². The van der Waals surface area contributed by atoms with Gasteiger partial charge >= 0.3 is 11.9 Å². The molecule has 1 aromatic rings. The lowest BCUT2D eigenvalue weighted by atomic mass is 9.91. The number of carbonyl (C=O) groups is 4. The molecule has 11 heteroatoms. The van der Waals surface area contributed by atoms with Crippen molar-refractivity contribution in [3.05, 3.63) is 23.8 Å². The number of hydrogen-bond acceptors (Lipinski definition) is 10. The summed E-state index contributed by atoms with van der Waals surface area (Å²) in [6, 6.07) is 6.14. The van der Waals surface area contributed by atoms with Crippen molar-refractivity contribution in [2.24, 2.45) is 0 Å². The van der Waals surface area contributed by atoms with Crippen LogP contribution >= 0.6 is 0 Å². The standard InChI is InChI=1S/C27H38N2O9/c1-34-23-10-9-19(16-24(23)35-2)12-15-36-22-7-4-3-6-21(22)29-13-11-20(18-29)37-26(32)17-27(33)38-28-25(31)8-5-14-30/h9-10,14,16,20-22H,3-8,11-13,15,17-18H2,1-2H3,(H,28,31)/t20-,21-,22-/m1/s1. The molecular formula is C27H38N2O9. The molecule has 1 aliphatic carbocycles. The molecule has 1 saturated carbocycles. The maximum absolute atomic E-state index is 12.2. The minimum atomic E-state index is -0.917. The zero-order chi connectivity index (χ0) is 27.3. The average molecular weight is 535 g/mol. The van der Waals surface area contributed by atoms with Crippen LogP contribution in [0.2, 0.25) is 0 Å². The highest BCUT2D eigenvalue weighted by Crippen LogP contribution is 2.30. The van der Waals surface area contributed by atoms with Crippen LogP contribution < -0.4 is 15.0 Å². The number of carbonyl (C=O) groups excluding carboxylic acids is 4. The molecule has 1 saturated heterocycles. The van der Waals surface area contributed by atoms with Gasteiger partial charge in [0, 0.05) is 32.0 Å². The summed E-state index contributed by atoms with van der Waals surface area (Å²) in [6.07, 6.45) is 5.41. The lowest BCUT2D eigenvalue weighted by Gasteiger charge is -2.37. The Morgan fingerprint density at radius 1 is 1.05 bits per heavy atom. The van der Waals surface area contributed by atoms with E-state index in [1.807, 2.05) is 23.7 Å². The number of esters is 1. The van der Waals surface area contributed by atoms with Crippen molar-refractivity contribution in [1.29, 1.82) is 0 Å². The summed E-state index contributed by atoms with van der Waals surface area (Å²) in [4.78, 5) is 52.5. The lowest BCUT2D eigenvalue weighted by molar-refractivity contribution is -0.165. The van der Waals surface area contributed by atoms with E-state index in [1.54, 1.807) is 14.2 Å². The first-order valence-corrected chi connectivity index (χ1v) is 13.1. The Hall–Kier alpha value is -3.18. The number of ether oxygens (including phenoxy) is 4. The van der Waals surface area contributed by atoms with E-state index in [0.29, 0.717) is 37.4 Å². The summed E-state index contributed by atoms with van der Waals surface area (Å²) in [5, 5.41) is 0. The van der Waals surface area contributed by atoms with Crippen LogP contribution in [-0.2, 0) is 39.9 Å². The zero-order valence-electron chi connectivity index (χ0n) is 22.1. The third-order valence-corrected chi connectivity index (χ3v) is 6.84. The van der Waals surface area contributed by atoms with E-state index in [0.717, 1.165) is 44.2 Å². The number of benzene rings is 1. The van der Waals surface area contributed by atoms with E-state index in [1.165, 1.54) is 0 Å². The number of amides is 1. The fourth-order valence-electron chi connectivity index (χ4n) is 4.94. The molecule has 3 rings (SSSR count). The second-order valence-electron chi connectivity index (χ2n) is 9.48. The summed E-state index contributed by atoms with van der Waals surface area (Å²) >= 11 is 0. The van der Waals surface area contributed by atoms with E-state index in [9.17, 15) is 19.2 Å².